The van der Waals surface area contributed by atoms with Crippen molar-refractivity contribution in [1.29, 1.82) is 0 Å². The van der Waals surface area contributed by atoms with Gasteiger partial charge in [-0.1, -0.05) is 24.3 Å². The Balaban J connectivity index is 2.01. The predicted octanol–water partition coefficient (Wildman–Crippen LogP) is 4.50. The van der Waals surface area contributed by atoms with Crippen LogP contribution >= 0.6 is 0 Å². The maximum absolute atomic E-state index is 5.80. The predicted molar refractivity (Wildman–Crippen MR) is 84.5 cm³/mol. The summed E-state index contributed by atoms with van der Waals surface area (Å²) in [5, 5.41) is 3.49. The molecule has 1 heterocycles. The van der Waals surface area contributed by atoms with Crippen molar-refractivity contribution < 1.29 is 4.74 Å². The number of nitrogens with one attached hydrogen (secondary N) is 1. The van der Waals surface area contributed by atoms with Gasteiger partial charge in [-0.25, -0.2) is 0 Å². The summed E-state index contributed by atoms with van der Waals surface area (Å²) in [7, 11) is 0. The third kappa shape index (κ3) is 2.64. The molecule has 0 fully saturated rings. The summed E-state index contributed by atoms with van der Waals surface area (Å²) in [4.78, 5) is 0. The standard InChI is InChI=1S/C18H21NO/c1-13(2)20-15-7-3-6-14(12-15)16-8-4-10-18-17(16)9-5-11-19-18/h3-4,6-8,10,12-13,19H,5,9,11H2,1-2H3. The number of hydrogen-bond donors (Lipinski definition) is 1. The zero-order chi connectivity index (χ0) is 13.9. The maximum Gasteiger partial charge on any atom is 0.120 e. The van der Waals surface area contributed by atoms with Crippen molar-refractivity contribution in [2.75, 3.05) is 11.9 Å². The highest BCUT2D eigenvalue weighted by Gasteiger charge is 2.13. The van der Waals surface area contributed by atoms with Crippen LogP contribution in [0.1, 0.15) is 25.8 Å². The Kier molecular flexibility index (Phi) is 3.64. The molecule has 104 valence electrons. The smallest absolute Gasteiger partial charge is 0.120 e. The summed E-state index contributed by atoms with van der Waals surface area (Å²) in [5.74, 6) is 0.943. The molecule has 20 heavy (non-hydrogen) atoms. The normalized spacial score (nSPS) is 13.8. The second-order valence-electron chi connectivity index (χ2n) is 5.56. The van der Waals surface area contributed by atoms with Crippen molar-refractivity contribution in [2.45, 2.75) is 32.8 Å². The first-order valence-electron chi connectivity index (χ1n) is 7.37. The van der Waals surface area contributed by atoms with Gasteiger partial charge in [-0.2, -0.15) is 0 Å². The van der Waals surface area contributed by atoms with Crippen LogP contribution in [0.15, 0.2) is 42.5 Å². The number of benzene rings is 2. The minimum absolute atomic E-state index is 0.205. The van der Waals surface area contributed by atoms with E-state index in [1.807, 2.05) is 6.07 Å². The average molecular weight is 267 g/mol. The van der Waals surface area contributed by atoms with E-state index in [-0.39, 0.29) is 6.10 Å². The van der Waals surface area contributed by atoms with Gasteiger partial charge in [0.05, 0.1) is 6.10 Å². The Morgan fingerprint density at radius 1 is 1.10 bits per heavy atom. The molecule has 0 radical (unpaired) electrons. The highest BCUT2D eigenvalue weighted by atomic mass is 16.5. The largest absolute Gasteiger partial charge is 0.491 e. The molecule has 2 aromatic rings. The quantitative estimate of drug-likeness (QED) is 0.884. The molecule has 0 amide bonds. The Bertz CT molecular complexity index is 604. The number of hydrogen-bond acceptors (Lipinski definition) is 2. The monoisotopic (exact) mass is 267 g/mol. The fourth-order valence-corrected chi connectivity index (χ4v) is 2.79. The molecule has 1 N–H and O–H groups in total. The van der Waals surface area contributed by atoms with E-state index in [1.165, 1.54) is 28.8 Å². The fraction of sp³-hybridized carbons (Fsp3) is 0.333. The topological polar surface area (TPSA) is 21.3 Å². The highest BCUT2D eigenvalue weighted by molar-refractivity contribution is 5.75. The van der Waals surface area contributed by atoms with E-state index >= 15 is 0 Å². The van der Waals surface area contributed by atoms with E-state index in [9.17, 15) is 0 Å². The lowest BCUT2D eigenvalue weighted by atomic mass is 9.93. The van der Waals surface area contributed by atoms with Gasteiger partial charge in [0, 0.05) is 12.2 Å². The Labute approximate surface area is 120 Å². The van der Waals surface area contributed by atoms with Crippen LogP contribution in [0.4, 0.5) is 5.69 Å². The van der Waals surface area contributed by atoms with Crippen LogP contribution in [-0.2, 0) is 6.42 Å². The van der Waals surface area contributed by atoms with Crippen LogP contribution in [-0.4, -0.2) is 12.6 Å². The molecule has 0 bridgehead atoms. The van der Waals surface area contributed by atoms with Crippen LogP contribution in [0.2, 0.25) is 0 Å². The van der Waals surface area contributed by atoms with E-state index < -0.39 is 0 Å². The molecule has 1 aliphatic heterocycles. The van der Waals surface area contributed by atoms with Gasteiger partial charge in [0.1, 0.15) is 5.75 Å². The molecule has 0 spiro atoms. The van der Waals surface area contributed by atoms with Crippen LogP contribution in [0.5, 0.6) is 5.75 Å². The van der Waals surface area contributed by atoms with E-state index in [1.54, 1.807) is 0 Å². The van der Waals surface area contributed by atoms with E-state index in [2.05, 4.69) is 55.6 Å². The molecule has 2 nitrogen and oxygen atoms in total. The molecule has 0 aliphatic carbocycles. The molecule has 0 saturated heterocycles. The molecular weight excluding hydrogens is 246 g/mol. The number of fused-ring (bicyclic) bond motifs is 1. The second-order valence-corrected chi connectivity index (χ2v) is 5.56. The van der Waals surface area contributed by atoms with Gasteiger partial charge >= 0.3 is 0 Å². The van der Waals surface area contributed by atoms with Crippen LogP contribution in [0.25, 0.3) is 11.1 Å². The van der Waals surface area contributed by atoms with Gasteiger partial charge in [-0.05, 0) is 61.6 Å². The second kappa shape index (κ2) is 5.58. The number of anilines is 1. The Morgan fingerprint density at radius 3 is 2.80 bits per heavy atom. The van der Waals surface area contributed by atoms with E-state index in [0.29, 0.717) is 0 Å². The highest BCUT2D eigenvalue weighted by Crippen LogP contribution is 2.33. The van der Waals surface area contributed by atoms with E-state index in [4.69, 9.17) is 4.74 Å². The molecule has 2 aromatic carbocycles. The minimum atomic E-state index is 0.205. The lowest BCUT2D eigenvalue weighted by molar-refractivity contribution is 0.242. The first-order valence-corrected chi connectivity index (χ1v) is 7.37. The first-order chi connectivity index (χ1) is 9.74. The molecule has 0 atom stereocenters. The molecular formula is C18H21NO. The maximum atomic E-state index is 5.80. The Morgan fingerprint density at radius 2 is 1.95 bits per heavy atom. The zero-order valence-corrected chi connectivity index (χ0v) is 12.1. The van der Waals surface area contributed by atoms with E-state index in [0.717, 1.165) is 18.7 Å². The third-order valence-electron chi connectivity index (χ3n) is 3.61. The summed E-state index contributed by atoms with van der Waals surface area (Å²) in [6, 6.07) is 14.9. The summed E-state index contributed by atoms with van der Waals surface area (Å²) in [6.45, 7) is 5.19. The number of rotatable bonds is 3. The molecule has 1 aliphatic rings. The average Bonchev–Trinajstić information content (AvgIpc) is 2.46. The molecule has 0 unspecified atom stereocenters. The van der Waals surface area contributed by atoms with Gasteiger partial charge in [0.25, 0.3) is 0 Å². The SMILES string of the molecule is CC(C)Oc1cccc(-c2cccc3c2CCCN3)c1. The van der Waals surface area contributed by atoms with Crippen molar-refractivity contribution in [3.8, 4) is 16.9 Å². The van der Waals surface area contributed by atoms with Crippen LogP contribution < -0.4 is 10.1 Å². The summed E-state index contributed by atoms with van der Waals surface area (Å²) < 4.78 is 5.80. The van der Waals surface area contributed by atoms with Crippen molar-refractivity contribution in [1.82, 2.24) is 0 Å². The zero-order valence-electron chi connectivity index (χ0n) is 12.1. The molecule has 2 heteroatoms. The van der Waals surface area contributed by atoms with Gasteiger partial charge in [-0.15, -0.1) is 0 Å². The summed E-state index contributed by atoms with van der Waals surface area (Å²) >= 11 is 0. The third-order valence-corrected chi connectivity index (χ3v) is 3.61. The number of ether oxygens (including phenoxy) is 1. The van der Waals surface area contributed by atoms with Crippen molar-refractivity contribution in [3.05, 3.63) is 48.0 Å². The molecule has 3 rings (SSSR count). The minimum Gasteiger partial charge on any atom is -0.491 e. The summed E-state index contributed by atoms with van der Waals surface area (Å²) in [5.41, 5.74) is 5.27. The Hall–Kier alpha value is -1.96. The van der Waals surface area contributed by atoms with Gasteiger partial charge in [0.2, 0.25) is 0 Å². The van der Waals surface area contributed by atoms with Crippen molar-refractivity contribution >= 4 is 5.69 Å². The molecule has 0 saturated carbocycles. The lowest BCUT2D eigenvalue weighted by Gasteiger charge is -2.21. The lowest BCUT2D eigenvalue weighted by Crippen LogP contribution is -2.12. The van der Waals surface area contributed by atoms with Crippen LogP contribution in [0, 0.1) is 0 Å². The fourth-order valence-electron chi connectivity index (χ4n) is 2.79. The van der Waals surface area contributed by atoms with Gasteiger partial charge in [0.15, 0.2) is 0 Å². The van der Waals surface area contributed by atoms with Crippen molar-refractivity contribution in [3.63, 3.8) is 0 Å². The van der Waals surface area contributed by atoms with Gasteiger partial charge in [-0.3, -0.25) is 0 Å². The van der Waals surface area contributed by atoms with Gasteiger partial charge < -0.3 is 10.1 Å². The molecule has 0 aromatic heterocycles. The first kappa shape index (κ1) is 13.0. The summed E-state index contributed by atoms with van der Waals surface area (Å²) in [6.07, 6.45) is 2.55. The van der Waals surface area contributed by atoms with Crippen LogP contribution in [0.3, 0.4) is 0 Å². The van der Waals surface area contributed by atoms with Crippen molar-refractivity contribution in [2.24, 2.45) is 0 Å².